The molecule has 2 N–H and O–H groups in total. The van der Waals surface area contributed by atoms with E-state index in [9.17, 15) is 4.79 Å². The van der Waals surface area contributed by atoms with Crippen molar-refractivity contribution in [1.29, 1.82) is 0 Å². The van der Waals surface area contributed by atoms with Gasteiger partial charge in [0.25, 0.3) is 0 Å². The number of aromatic nitrogens is 4. The van der Waals surface area contributed by atoms with Crippen LogP contribution in [-0.4, -0.2) is 30.8 Å². The van der Waals surface area contributed by atoms with E-state index < -0.39 is 5.97 Å². The standard InChI is InChI=1S/C9H9N5O2/c1-14-3-2-7(13-14)12-9-10-4-6(5-11-9)8(15)16/h2-5H,1H3,(H,15,16)(H,10,11,12,13). The molecule has 0 aromatic carbocycles. The van der Waals surface area contributed by atoms with Crippen LogP contribution >= 0.6 is 0 Å². The fourth-order valence-electron chi connectivity index (χ4n) is 1.10. The Balaban J connectivity index is 2.14. The van der Waals surface area contributed by atoms with Crippen molar-refractivity contribution in [3.8, 4) is 0 Å². The molecule has 2 aromatic heterocycles. The molecule has 7 heteroatoms. The largest absolute Gasteiger partial charge is 0.478 e. The van der Waals surface area contributed by atoms with Crippen molar-refractivity contribution < 1.29 is 9.90 Å². The molecule has 82 valence electrons. The normalized spacial score (nSPS) is 10.1. The first-order chi connectivity index (χ1) is 7.65. The monoisotopic (exact) mass is 219 g/mol. The third-order valence-electron chi connectivity index (χ3n) is 1.85. The molecule has 0 aliphatic rings. The van der Waals surface area contributed by atoms with Gasteiger partial charge in [-0.15, -0.1) is 0 Å². The van der Waals surface area contributed by atoms with Gasteiger partial charge in [-0.05, 0) is 0 Å². The van der Waals surface area contributed by atoms with Crippen LogP contribution < -0.4 is 5.32 Å². The number of nitrogens with one attached hydrogen (secondary N) is 1. The number of hydrogen-bond donors (Lipinski definition) is 2. The highest BCUT2D eigenvalue weighted by Gasteiger charge is 2.04. The summed E-state index contributed by atoms with van der Waals surface area (Å²) in [5.41, 5.74) is 0.0478. The molecule has 7 nitrogen and oxygen atoms in total. The van der Waals surface area contributed by atoms with Gasteiger partial charge in [-0.1, -0.05) is 0 Å². The van der Waals surface area contributed by atoms with Gasteiger partial charge in [0.2, 0.25) is 5.95 Å². The number of carboxylic acids is 1. The summed E-state index contributed by atoms with van der Waals surface area (Å²) in [6.45, 7) is 0. The van der Waals surface area contributed by atoms with E-state index in [0.717, 1.165) is 0 Å². The average Bonchev–Trinajstić information content (AvgIpc) is 2.65. The van der Waals surface area contributed by atoms with Crippen molar-refractivity contribution in [2.45, 2.75) is 0 Å². The van der Waals surface area contributed by atoms with Crippen molar-refractivity contribution in [3.63, 3.8) is 0 Å². The van der Waals surface area contributed by atoms with E-state index >= 15 is 0 Å². The molecule has 2 heterocycles. The third-order valence-corrected chi connectivity index (χ3v) is 1.85. The summed E-state index contributed by atoms with van der Waals surface area (Å²) in [5, 5.41) is 15.6. The predicted molar refractivity (Wildman–Crippen MR) is 55.5 cm³/mol. The van der Waals surface area contributed by atoms with Crippen LogP contribution in [0.25, 0.3) is 0 Å². The average molecular weight is 219 g/mol. The van der Waals surface area contributed by atoms with Crippen LogP contribution in [0.2, 0.25) is 0 Å². The number of aryl methyl sites for hydroxylation is 1. The minimum atomic E-state index is -1.05. The van der Waals surface area contributed by atoms with Crippen LogP contribution in [-0.2, 0) is 7.05 Å². The lowest BCUT2D eigenvalue weighted by atomic mass is 10.3. The van der Waals surface area contributed by atoms with Crippen LogP contribution in [0.4, 0.5) is 11.8 Å². The Kier molecular flexibility index (Phi) is 2.50. The highest BCUT2D eigenvalue weighted by molar-refractivity contribution is 5.86. The first-order valence-corrected chi connectivity index (χ1v) is 4.47. The summed E-state index contributed by atoms with van der Waals surface area (Å²) in [5.74, 6) is -0.140. The van der Waals surface area contributed by atoms with E-state index in [4.69, 9.17) is 5.11 Å². The molecule has 0 spiro atoms. The van der Waals surface area contributed by atoms with Gasteiger partial charge in [-0.2, -0.15) is 5.10 Å². The van der Waals surface area contributed by atoms with Crippen molar-refractivity contribution in [2.75, 3.05) is 5.32 Å². The van der Waals surface area contributed by atoms with Gasteiger partial charge < -0.3 is 10.4 Å². The van der Waals surface area contributed by atoms with Crippen molar-refractivity contribution in [3.05, 3.63) is 30.2 Å². The van der Waals surface area contributed by atoms with Gasteiger partial charge in [0.15, 0.2) is 5.82 Å². The summed E-state index contributed by atoms with van der Waals surface area (Å²) in [7, 11) is 1.79. The lowest BCUT2D eigenvalue weighted by Crippen LogP contribution is -2.02. The fraction of sp³-hybridized carbons (Fsp3) is 0.111. The van der Waals surface area contributed by atoms with Gasteiger partial charge in [-0.25, -0.2) is 14.8 Å². The maximum Gasteiger partial charge on any atom is 0.338 e. The number of carbonyl (C=O) groups is 1. The zero-order valence-corrected chi connectivity index (χ0v) is 8.45. The number of nitrogens with zero attached hydrogens (tertiary/aromatic N) is 4. The molecule has 2 aromatic rings. The number of rotatable bonds is 3. The van der Waals surface area contributed by atoms with Gasteiger partial charge in [-0.3, -0.25) is 4.68 Å². The van der Waals surface area contributed by atoms with Crippen molar-refractivity contribution in [2.24, 2.45) is 7.05 Å². The minimum absolute atomic E-state index is 0.0478. The lowest BCUT2D eigenvalue weighted by Gasteiger charge is -2.00. The van der Waals surface area contributed by atoms with Crippen molar-refractivity contribution in [1.82, 2.24) is 19.7 Å². The lowest BCUT2D eigenvalue weighted by molar-refractivity contribution is 0.0696. The highest BCUT2D eigenvalue weighted by Crippen LogP contribution is 2.08. The second kappa shape index (κ2) is 3.97. The topological polar surface area (TPSA) is 92.9 Å². The molecule has 0 fully saturated rings. The molecule has 16 heavy (non-hydrogen) atoms. The maximum atomic E-state index is 10.6. The number of anilines is 2. The predicted octanol–water partition coefficient (Wildman–Crippen LogP) is 0.652. The van der Waals surface area contributed by atoms with E-state index in [1.54, 1.807) is 24.0 Å². The summed E-state index contributed by atoms with van der Waals surface area (Å²) in [6, 6.07) is 1.76. The van der Waals surface area contributed by atoms with Crippen LogP contribution in [0, 0.1) is 0 Å². The summed E-state index contributed by atoms with van der Waals surface area (Å²) in [6.07, 6.45) is 4.25. The maximum absolute atomic E-state index is 10.6. The Hall–Kier alpha value is -2.44. The molecule has 2 rings (SSSR count). The Bertz CT molecular complexity index is 505. The number of hydrogen-bond acceptors (Lipinski definition) is 5. The molecule has 0 aliphatic heterocycles. The van der Waals surface area contributed by atoms with Crippen LogP contribution in [0.1, 0.15) is 10.4 Å². The molecular weight excluding hydrogens is 210 g/mol. The highest BCUT2D eigenvalue weighted by atomic mass is 16.4. The molecule has 0 aliphatic carbocycles. The van der Waals surface area contributed by atoms with E-state index in [-0.39, 0.29) is 5.56 Å². The molecule has 0 saturated carbocycles. The minimum Gasteiger partial charge on any atom is -0.478 e. The van der Waals surface area contributed by atoms with Gasteiger partial charge in [0.1, 0.15) is 0 Å². The van der Waals surface area contributed by atoms with Crippen LogP contribution in [0.5, 0.6) is 0 Å². The Morgan fingerprint density at radius 3 is 2.62 bits per heavy atom. The first kappa shape index (κ1) is 10.1. The molecule has 0 saturated heterocycles. The van der Waals surface area contributed by atoms with E-state index in [1.807, 2.05) is 0 Å². The van der Waals surface area contributed by atoms with E-state index in [1.165, 1.54) is 12.4 Å². The second-order valence-corrected chi connectivity index (χ2v) is 3.10. The molecule has 0 radical (unpaired) electrons. The molecule has 0 atom stereocenters. The molecule has 0 unspecified atom stereocenters. The van der Waals surface area contributed by atoms with Crippen LogP contribution in [0.3, 0.4) is 0 Å². The zero-order valence-electron chi connectivity index (χ0n) is 8.45. The Labute approximate surface area is 90.8 Å². The number of aromatic carboxylic acids is 1. The Morgan fingerprint density at radius 2 is 2.12 bits per heavy atom. The van der Waals surface area contributed by atoms with Gasteiger partial charge in [0, 0.05) is 31.7 Å². The van der Waals surface area contributed by atoms with Gasteiger partial charge in [0.05, 0.1) is 5.56 Å². The quantitative estimate of drug-likeness (QED) is 0.787. The number of carboxylic acid groups (broad SMARTS) is 1. The second-order valence-electron chi connectivity index (χ2n) is 3.10. The summed E-state index contributed by atoms with van der Waals surface area (Å²) in [4.78, 5) is 18.3. The molecular formula is C9H9N5O2. The smallest absolute Gasteiger partial charge is 0.338 e. The summed E-state index contributed by atoms with van der Waals surface area (Å²) < 4.78 is 1.63. The van der Waals surface area contributed by atoms with E-state index in [0.29, 0.717) is 11.8 Å². The first-order valence-electron chi connectivity index (χ1n) is 4.47. The van der Waals surface area contributed by atoms with E-state index in [2.05, 4.69) is 20.4 Å². The van der Waals surface area contributed by atoms with Crippen molar-refractivity contribution >= 4 is 17.7 Å². The zero-order chi connectivity index (χ0) is 11.5. The van der Waals surface area contributed by atoms with Crippen LogP contribution in [0.15, 0.2) is 24.7 Å². The fourth-order valence-corrected chi connectivity index (χ4v) is 1.10. The molecule has 0 amide bonds. The third kappa shape index (κ3) is 2.14. The Morgan fingerprint density at radius 1 is 1.44 bits per heavy atom. The van der Waals surface area contributed by atoms with Gasteiger partial charge >= 0.3 is 5.97 Å². The SMILES string of the molecule is Cn1ccc(Nc2ncc(C(=O)O)cn2)n1. The molecule has 0 bridgehead atoms. The summed E-state index contributed by atoms with van der Waals surface area (Å²) >= 11 is 0.